The summed E-state index contributed by atoms with van der Waals surface area (Å²) in [6.45, 7) is 10.7. The van der Waals surface area contributed by atoms with Crippen molar-refractivity contribution in [2.24, 2.45) is 5.92 Å². The van der Waals surface area contributed by atoms with Gasteiger partial charge in [-0.3, -0.25) is 0 Å². The molecule has 1 unspecified atom stereocenters. The minimum Gasteiger partial charge on any atom is -0.496 e. The van der Waals surface area contributed by atoms with Gasteiger partial charge in [0.25, 0.3) is 0 Å². The SMILES string of the molecule is C=Cc1ccc(CCOc2ccc(CNCC(C)CC)c(OC)c2)cc1. The molecule has 0 saturated heterocycles. The summed E-state index contributed by atoms with van der Waals surface area (Å²) in [7, 11) is 1.71. The molecule has 0 aliphatic carbocycles. The molecule has 3 heteroatoms. The highest BCUT2D eigenvalue weighted by Crippen LogP contribution is 2.25. The summed E-state index contributed by atoms with van der Waals surface area (Å²) >= 11 is 0. The predicted molar refractivity (Wildman–Crippen MR) is 110 cm³/mol. The molecule has 0 aromatic heterocycles. The number of benzene rings is 2. The molecule has 0 spiro atoms. The summed E-state index contributed by atoms with van der Waals surface area (Å²) in [6, 6.07) is 14.5. The Bertz CT molecular complexity index is 679. The molecular weight excluding hydrogens is 322 g/mol. The number of methoxy groups -OCH3 is 1. The number of hydrogen-bond acceptors (Lipinski definition) is 3. The first-order valence-electron chi connectivity index (χ1n) is 9.38. The number of ether oxygens (including phenoxy) is 2. The van der Waals surface area contributed by atoms with Crippen LogP contribution in [0, 0.1) is 5.92 Å². The van der Waals surface area contributed by atoms with Crippen LogP contribution in [0.25, 0.3) is 6.08 Å². The molecule has 140 valence electrons. The molecule has 0 aliphatic heterocycles. The second-order valence-electron chi connectivity index (χ2n) is 6.66. The third-order valence-electron chi connectivity index (χ3n) is 4.64. The van der Waals surface area contributed by atoms with Crippen LogP contribution in [0.15, 0.2) is 49.0 Å². The number of nitrogens with one attached hydrogen (secondary N) is 1. The largest absolute Gasteiger partial charge is 0.496 e. The lowest BCUT2D eigenvalue weighted by molar-refractivity contribution is 0.318. The normalized spacial score (nSPS) is 11.8. The highest BCUT2D eigenvalue weighted by Gasteiger charge is 2.06. The van der Waals surface area contributed by atoms with Gasteiger partial charge in [0.15, 0.2) is 0 Å². The Morgan fingerprint density at radius 2 is 1.92 bits per heavy atom. The second kappa shape index (κ2) is 10.7. The van der Waals surface area contributed by atoms with Crippen LogP contribution in [-0.2, 0) is 13.0 Å². The molecule has 0 saturated carbocycles. The third kappa shape index (κ3) is 6.23. The van der Waals surface area contributed by atoms with E-state index in [0.717, 1.165) is 42.1 Å². The number of rotatable bonds is 11. The molecule has 0 heterocycles. The Morgan fingerprint density at radius 1 is 1.15 bits per heavy atom. The van der Waals surface area contributed by atoms with Crippen LogP contribution in [-0.4, -0.2) is 20.3 Å². The van der Waals surface area contributed by atoms with Crippen molar-refractivity contribution in [1.82, 2.24) is 5.32 Å². The van der Waals surface area contributed by atoms with Crippen LogP contribution in [0.4, 0.5) is 0 Å². The van der Waals surface area contributed by atoms with Gasteiger partial charge in [0.2, 0.25) is 0 Å². The van der Waals surface area contributed by atoms with E-state index in [1.54, 1.807) is 7.11 Å². The van der Waals surface area contributed by atoms with E-state index in [1.807, 2.05) is 18.2 Å². The minimum atomic E-state index is 0.641. The van der Waals surface area contributed by atoms with Gasteiger partial charge in [-0.2, -0.15) is 0 Å². The van der Waals surface area contributed by atoms with Crippen LogP contribution in [0.2, 0.25) is 0 Å². The number of hydrogen-bond donors (Lipinski definition) is 1. The summed E-state index contributed by atoms with van der Waals surface area (Å²) in [5, 5.41) is 3.49. The lowest BCUT2D eigenvalue weighted by Crippen LogP contribution is -2.20. The van der Waals surface area contributed by atoms with Crippen molar-refractivity contribution in [3.8, 4) is 11.5 Å². The molecule has 2 rings (SSSR count). The molecule has 0 bridgehead atoms. The predicted octanol–water partition coefficient (Wildman–Crippen LogP) is 5.10. The zero-order valence-electron chi connectivity index (χ0n) is 16.3. The van der Waals surface area contributed by atoms with E-state index in [2.05, 4.69) is 56.1 Å². The molecule has 0 amide bonds. The Morgan fingerprint density at radius 3 is 2.58 bits per heavy atom. The van der Waals surface area contributed by atoms with E-state index in [0.29, 0.717) is 12.5 Å². The first-order chi connectivity index (χ1) is 12.7. The Labute approximate surface area is 158 Å². The van der Waals surface area contributed by atoms with Gasteiger partial charge in [0.1, 0.15) is 11.5 Å². The van der Waals surface area contributed by atoms with Crippen molar-refractivity contribution in [1.29, 1.82) is 0 Å². The summed E-state index contributed by atoms with van der Waals surface area (Å²) in [5.74, 6) is 2.40. The molecule has 2 aromatic carbocycles. The Hall–Kier alpha value is -2.26. The average molecular weight is 354 g/mol. The van der Waals surface area contributed by atoms with Gasteiger partial charge in [0, 0.05) is 24.6 Å². The van der Waals surface area contributed by atoms with Crippen molar-refractivity contribution in [3.63, 3.8) is 0 Å². The molecule has 3 nitrogen and oxygen atoms in total. The molecule has 2 aromatic rings. The van der Waals surface area contributed by atoms with Gasteiger partial charge in [-0.05, 0) is 29.7 Å². The van der Waals surface area contributed by atoms with Crippen molar-refractivity contribution in [3.05, 3.63) is 65.7 Å². The summed E-state index contributed by atoms with van der Waals surface area (Å²) in [4.78, 5) is 0. The van der Waals surface area contributed by atoms with Crippen LogP contribution < -0.4 is 14.8 Å². The van der Waals surface area contributed by atoms with E-state index >= 15 is 0 Å². The molecular formula is C23H31NO2. The van der Waals surface area contributed by atoms with Crippen molar-refractivity contribution in [2.45, 2.75) is 33.2 Å². The Balaban J connectivity index is 1.86. The van der Waals surface area contributed by atoms with Crippen molar-refractivity contribution < 1.29 is 9.47 Å². The molecule has 1 N–H and O–H groups in total. The monoisotopic (exact) mass is 353 g/mol. The van der Waals surface area contributed by atoms with E-state index in [4.69, 9.17) is 9.47 Å². The smallest absolute Gasteiger partial charge is 0.127 e. The van der Waals surface area contributed by atoms with Crippen molar-refractivity contribution in [2.75, 3.05) is 20.3 Å². The lowest BCUT2D eigenvalue weighted by Gasteiger charge is -2.14. The quantitative estimate of drug-likeness (QED) is 0.610. The van der Waals surface area contributed by atoms with Crippen LogP contribution >= 0.6 is 0 Å². The maximum Gasteiger partial charge on any atom is 0.127 e. The van der Waals surface area contributed by atoms with Crippen molar-refractivity contribution >= 4 is 6.08 Å². The van der Waals surface area contributed by atoms with Gasteiger partial charge in [-0.15, -0.1) is 0 Å². The topological polar surface area (TPSA) is 30.5 Å². The van der Waals surface area contributed by atoms with E-state index in [-0.39, 0.29) is 0 Å². The average Bonchev–Trinajstić information content (AvgIpc) is 2.69. The highest BCUT2D eigenvalue weighted by molar-refractivity contribution is 5.47. The van der Waals surface area contributed by atoms with Gasteiger partial charge in [-0.25, -0.2) is 0 Å². The van der Waals surface area contributed by atoms with Crippen LogP contribution in [0.3, 0.4) is 0 Å². The molecule has 1 atom stereocenters. The zero-order chi connectivity index (χ0) is 18.8. The van der Waals surface area contributed by atoms with E-state index in [1.165, 1.54) is 12.0 Å². The fourth-order valence-electron chi connectivity index (χ4n) is 2.67. The standard InChI is InChI=1S/C23H31NO2/c1-5-18(3)16-24-17-21-11-12-22(15-23(21)25-4)26-14-13-20-9-7-19(6-2)8-10-20/h6-12,15,18,24H,2,5,13-14,16-17H2,1,3-4H3. The lowest BCUT2D eigenvalue weighted by atomic mass is 10.1. The molecule has 26 heavy (non-hydrogen) atoms. The van der Waals surface area contributed by atoms with E-state index < -0.39 is 0 Å². The molecule has 0 aliphatic rings. The van der Waals surface area contributed by atoms with Crippen LogP contribution in [0.5, 0.6) is 11.5 Å². The summed E-state index contributed by atoms with van der Waals surface area (Å²) in [5.41, 5.74) is 3.55. The fraction of sp³-hybridized carbons (Fsp3) is 0.391. The van der Waals surface area contributed by atoms with E-state index in [9.17, 15) is 0 Å². The maximum absolute atomic E-state index is 5.90. The molecule has 0 fully saturated rings. The zero-order valence-corrected chi connectivity index (χ0v) is 16.3. The first kappa shape index (κ1) is 20.1. The maximum atomic E-state index is 5.90. The van der Waals surface area contributed by atoms with Gasteiger partial charge in [0.05, 0.1) is 13.7 Å². The summed E-state index contributed by atoms with van der Waals surface area (Å²) in [6.07, 6.45) is 3.91. The first-order valence-corrected chi connectivity index (χ1v) is 9.38. The highest BCUT2D eigenvalue weighted by atomic mass is 16.5. The van der Waals surface area contributed by atoms with Gasteiger partial charge in [-0.1, -0.05) is 63.3 Å². The van der Waals surface area contributed by atoms with Gasteiger partial charge >= 0.3 is 0 Å². The van der Waals surface area contributed by atoms with Crippen LogP contribution in [0.1, 0.15) is 37.0 Å². The molecule has 0 radical (unpaired) electrons. The summed E-state index contributed by atoms with van der Waals surface area (Å²) < 4.78 is 11.4. The second-order valence-corrected chi connectivity index (χ2v) is 6.66. The third-order valence-corrected chi connectivity index (χ3v) is 4.64. The Kier molecular flexibility index (Phi) is 8.23. The minimum absolute atomic E-state index is 0.641. The van der Waals surface area contributed by atoms with Gasteiger partial charge < -0.3 is 14.8 Å². The fourth-order valence-corrected chi connectivity index (χ4v) is 2.67.